The normalized spacial score (nSPS) is 23.8. The first-order valence-corrected chi connectivity index (χ1v) is 13.2. The Kier molecular flexibility index (Phi) is 8.11. The zero-order chi connectivity index (χ0) is 25.4. The zero-order valence-electron chi connectivity index (χ0n) is 21.2. The first-order valence-electron chi connectivity index (χ1n) is 11.7. The number of piperazine rings is 1. The van der Waals surface area contributed by atoms with Gasteiger partial charge in [0.25, 0.3) is 0 Å². The van der Waals surface area contributed by atoms with Gasteiger partial charge in [-0.15, -0.1) is 0 Å². The van der Waals surface area contributed by atoms with Crippen LogP contribution in [0.25, 0.3) is 0 Å². The number of hydrogen-bond acceptors (Lipinski definition) is 8. The van der Waals surface area contributed by atoms with Crippen molar-refractivity contribution in [1.29, 1.82) is 0 Å². The molecule has 2 fully saturated rings. The highest BCUT2D eigenvalue weighted by Crippen LogP contribution is 2.31. The molecule has 0 aliphatic carbocycles. The van der Waals surface area contributed by atoms with Gasteiger partial charge in [-0.25, -0.2) is 13.2 Å². The summed E-state index contributed by atoms with van der Waals surface area (Å²) in [5, 5.41) is 0. The molecule has 3 heterocycles. The van der Waals surface area contributed by atoms with Crippen LogP contribution in [0.15, 0.2) is 9.31 Å². The van der Waals surface area contributed by atoms with Gasteiger partial charge in [-0.3, -0.25) is 9.69 Å². The predicted octanol–water partition coefficient (Wildman–Crippen LogP) is 1.65. The van der Waals surface area contributed by atoms with Crippen molar-refractivity contribution in [2.24, 2.45) is 5.92 Å². The van der Waals surface area contributed by atoms with Crippen molar-refractivity contribution in [1.82, 2.24) is 14.1 Å². The van der Waals surface area contributed by atoms with E-state index in [1.807, 2.05) is 27.7 Å². The Balaban J connectivity index is 1.76. The van der Waals surface area contributed by atoms with E-state index in [0.717, 1.165) is 0 Å². The zero-order valence-corrected chi connectivity index (χ0v) is 22.0. The number of furan rings is 1. The minimum Gasteiger partial charge on any atom is -0.465 e. The van der Waals surface area contributed by atoms with E-state index >= 15 is 0 Å². The van der Waals surface area contributed by atoms with Crippen LogP contribution in [0, 0.1) is 19.8 Å². The molecule has 2 aliphatic heterocycles. The lowest BCUT2D eigenvalue weighted by Gasteiger charge is -2.43. The molecule has 3 unspecified atom stereocenters. The molecule has 11 heteroatoms. The topological polar surface area (TPSA) is 110 Å². The van der Waals surface area contributed by atoms with Crippen LogP contribution in [0.3, 0.4) is 0 Å². The predicted molar refractivity (Wildman–Crippen MR) is 125 cm³/mol. The van der Waals surface area contributed by atoms with E-state index in [2.05, 4.69) is 4.90 Å². The number of carbonyl (C=O) groups is 2. The van der Waals surface area contributed by atoms with Gasteiger partial charge in [0.1, 0.15) is 22.0 Å². The molecular weight excluding hydrogens is 462 g/mol. The van der Waals surface area contributed by atoms with Gasteiger partial charge in [0, 0.05) is 39.3 Å². The number of nitrogens with zero attached hydrogens (tertiary/aromatic N) is 3. The minimum atomic E-state index is -4.00. The molecule has 0 N–H and O–H groups in total. The summed E-state index contributed by atoms with van der Waals surface area (Å²) in [4.78, 5) is 29.5. The number of methoxy groups -OCH3 is 1. The second kappa shape index (κ2) is 10.3. The summed E-state index contributed by atoms with van der Waals surface area (Å²) in [5.41, 5.74) is -0.0751. The van der Waals surface area contributed by atoms with E-state index in [9.17, 15) is 18.0 Å². The molecule has 192 valence electrons. The molecule has 0 spiro atoms. The molecule has 34 heavy (non-hydrogen) atoms. The van der Waals surface area contributed by atoms with Crippen LogP contribution in [-0.2, 0) is 24.3 Å². The molecule has 0 saturated carbocycles. The Morgan fingerprint density at radius 2 is 1.56 bits per heavy atom. The third-order valence-corrected chi connectivity index (χ3v) is 8.52. The van der Waals surface area contributed by atoms with Crippen molar-refractivity contribution in [2.45, 2.75) is 64.7 Å². The number of rotatable bonds is 6. The van der Waals surface area contributed by atoms with Crippen molar-refractivity contribution >= 4 is 21.9 Å². The highest BCUT2D eigenvalue weighted by Gasteiger charge is 2.40. The Morgan fingerprint density at radius 1 is 1.00 bits per heavy atom. The molecule has 1 aromatic heterocycles. The molecule has 0 radical (unpaired) electrons. The molecule has 0 bridgehead atoms. The fourth-order valence-corrected chi connectivity index (χ4v) is 6.88. The van der Waals surface area contributed by atoms with Crippen LogP contribution in [0.2, 0.25) is 0 Å². The van der Waals surface area contributed by atoms with Gasteiger partial charge in [-0.2, -0.15) is 4.31 Å². The highest BCUT2D eigenvalue weighted by atomic mass is 32.2. The Labute approximate surface area is 202 Å². The molecule has 2 saturated heterocycles. The Morgan fingerprint density at radius 3 is 2.06 bits per heavy atom. The van der Waals surface area contributed by atoms with Crippen molar-refractivity contribution in [3.05, 3.63) is 17.1 Å². The monoisotopic (exact) mass is 499 g/mol. The molecule has 3 rings (SSSR count). The van der Waals surface area contributed by atoms with Crippen LogP contribution < -0.4 is 0 Å². The van der Waals surface area contributed by atoms with Crippen molar-refractivity contribution < 1.29 is 31.9 Å². The largest absolute Gasteiger partial charge is 0.465 e. The van der Waals surface area contributed by atoms with Crippen LogP contribution in [0.4, 0.5) is 0 Å². The van der Waals surface area contributed by atoms with Gasteiger partial charge in [-0.1, -0.05) is 13.8 Å². The summed E-state index contributed by atoms with van der Waals surface area (Å²) in [5.74, 6) is -0.294. The summed E-state index contributed by atoms with van der Waals surface area (Å²) >= 11 is 0. The maximum atomic E-state index is 13.5. The average Bonchev–Trinajstić information content (AvgIpc) is 3.06. The minimum absolute atomic E-state index is 0.0129. The average molecular weight is 500 g/mol. The molecule has 1 amide bonds. The maximum Gasteiger partial charge on any atom is 0.342 e. The number of sulfonamides is 1. The number of morpholine rings is 1. The highest BCUT2D eigenvalue weighted by molar-refractivity contribution is 7.89. The summed E-state index contributed by atoms with van der Waals surface area (Å²) in [6.45, 7) is 13.3. The summed E-state index contributed by atoms with van der Waals surface area (Å²) in [6.07, 6.45) is 0.0934. The van der Waals surface area contributed by atoms with Crippen molar-refractivity contribution in [2.75, 3.05) is 46.4 Å². The van der Waals surface area contributed by atoms with E-state index in [1.54, 1.807) is 4.90 Å². The first-order chi connectivity index (χ1) is 15.9. The van der Waals surface area contributed by atoms with Gasteiger partial charge in [0.05, 0.1) is 25.4 Å². The van der Waals surface area contributed by atoms with Crippen LogP contribution in [-0.4, -0.2) is 99.0 Å². The lowest BCUT2D eigenvalue weighted by Crippen LogP contribution is -2.60. The smallest absolute Gasteiger partial charge is 0.342 e. The number of aryl methyl sites for hydroxylation is 2. The third kappa shape index (κ3) is 5.17. The molecule has 3 atom stereocenters. The van der Waals surface area contributed by atoms with E-state index in [0.29, 0.717) is 13.1 Å². The Bertz CT molecular complexity index is 1000. The van der Waals surface area contributed by atoms with Gasteiger partial charge < -0.3 is 18.8 Å². The fraction of sp³-hybridized carbons (Fsp3) is 0.739. The van der Waals surface area contributed by atoms with Gasteiger partial charge in [-0.05, 0) is 33.6 Å². The summed E-state index contributed by atoms with van der Waals surface area (Å²) in [6, 6.07) is -0.290. The van der Waals surface area contributed by atoms with Gasteiger partial charge >= 0.3 is 5.97 Å². The maximum absolute atomic E-state index is 13.5. The van der Waals surface area contributed by atoms with Gasteiger partial charge in [0.15, 0.2) is 0 Å². The number of amides is 1. The third-order valence-electron chi connectivity index (χ3n) is 6.47. The van der Waals surface area contributed by atoms with E-state index in [-0.39, 0.29) is 78.2 Å². The standard InChI is InChI=1S/C23H37N3O7S/c1-14(2)20(25-12-15(3)32-16(4)13-25)22(27)24-8-10-26(11-9-24)34(29,30)21-18(6)33-17(5)19(21)23(28)31-7/h14-16,20H,8-13H2,1-7H3. The first kappa shape index (κ1) is 26.7. The van der Waals surface area contributed by atoms with Crippen LogP contribution in [0.5, 0.6) is 0 Å². The SMILES string of the molecule is COC(=O)c1c(C)oc(C)c1S(=O)(=O)N1CCN(C(=O)C(C(C)C)N2CC(C)OC(C)C2)CC1. The van der Waals surface area contributed by atoms with Crippen LogP contribution >= 0.6 is 0 Å². The lowest BCUT2D eigenvalue weighted by molar-refractivity contribution is -0.146. The van der Waals surface area contributed by atoms with Crippen molar-refractivity contribution in [3.8, 4) is 0 Å². The fourth-order valence-electron chi connectivity index (χ4n) is 5.08. The molecular formula is C23H37N3O7S. The molecule has 0 aromatic carbocycles. The molecule has 2 aliphatic rings. The van der Waals surface area contributed by atoms with Gasteiger partial charge in [0.2, 0.25) is 15.9 Å². The molecule has 10 nitrogen and oxygen atoms in total. The quantitative estimate of drug-likeness (QED) is 0.544. The van der Waals surface area contributed by atoms with E-state index < -0.39 is 16.0 Å². The second-order valence-electron chi connectivity index (χ2n) is 9.54. The number of esters is 1. The number of ether oxygens (including phenoxy) is 2. The summed E-state index contributed by atoms with van der Waals surface area (Å²) in [7, 11) is -2.80. The second-order valence-corrected chi connectivity index (χ2v) is 11.4. The molecule has 1 aromatic rings. The van der Waals surface area contributed by atoms with Crippen molar-refractivity contribution in [3.63, 3.8) is 0 Å². The summed E-state index contributed by atoms with van der Waals surface area (Å²) < 4.78 is 44.2. The lowest BCUT2D eigenvalue weighted by atomic mass is 9.98. The van der Waals surface area contributed by atoms with E-state index in [4.69, 9.17) is 13.9 Å². The van der Waals surface area contributed by atoms with Crippen LogP contribution in [0.1, 0.15) is 49.6 Å². The number of carbonyl (C=O) groups excluding carboxylic acids is 2. The number of hydrogen-bond donors (Lipinski definition) is 0. The van der Waals surface area contributed by atoms with E-state index in [1.165, 1.54) is 25.3 Å². The Hall–Kier alpha value is -1.95.